The summed E-state index contributed by atoms with van der Waals surface area (Å²) < 4.78 is 0. The van der Waals surface area contributed by atoms with E-state index >= 15 is 0 Å². The third kappa shape index (κ3) is 0.947. The van der Waals surface area contributed by atoms with Gasteiger partial charge in [0.1, 0.15) is 6.61 Å². The Labute approximate surface area is 73.2 Å². The van der Waals surface area contributed by atoms with Crippen molar-refractivity contribution in [2.45, 2.75) is 26.7 Å². The predicted octanol–water partition coefficient (Wildman–Crippen LogP) is 2.47. The molecule has 0 radical (unpaired) electrons. The molecule has 0 aliphatic heterocycles. The molecule has 0 heterocycles. The molecule has 0 amide bonds. The van der Waals surface area contributed by atoms with E-state index in [1.165, 1.54) is 18.4 Å². The topological polar surface area (TPSA) is 29.5 Å². The van der Waals surface area contributed by atoms with Crippen LogP contribution in [0.3, 0.4) is 0 Å². The molecule has 1 fully saturated rings. The zero-order chi connectivity index (χ0) is 8.77. The summed E-state index contributed by atoms with van der Waals surface area (Å²) in [5, 5.41) is 8.38. The molecule has 68 valence electrons. The fourth-order valence-corrected chi connectivity index (χ4v) is 2.72. The number of hydrogen-bond donors (Lipinski definition) is 1. The Bertz CT molecular complexity index is 218. The van der Waals surface area contributed by atoms with Crippen LogP contribution < -0.4 is 0 Å². The maximum absolute atomic E-state index is 8.38. The van der Waals surface area contributed by atoms with Gasteiger partial charge in [-0.05, 0) is 35.7 Å². The van der Waals surface area contributed by atoms with Crippen molar-refractivity contribution in [2.24, 2.45) is 17.3 Å². The largest absolute Gasteiger partial charge is 0.251 e. The van der Waals surface area contributed by atoms with E-state index in [0.717, 1.165) is 5.92 Å². The van der Waals surface area contributed by atoms with Gasteiger partial charge in [-0.15, -0.1) is 0 Å². The first-order valence-corrected chi connectivity index (χ1v) is 4.61. The van der Waals surface area contributed by atoms with E-state index in [1.807, 2.05) is 0 Å². The minimum absolute atomic E-state index is 0.404. The third-order valence-corrected chi connectivity index (χ3v) is 3.81. The van der Waals surface area contributed by atoms with Gasteiger partial charge in [0.2, 0.25) is 0 Å². The molecule has 2 nitrogen and oxygen atoms in total. The van der Waals surface area contributed by atoms with Gasteiger partial charge in [-0.2, -0.15) is 0 Å². The summed E-state index contributed by atoms with van der Waals surface area (Å²) in [7, 11) is 0. The van der Waals surface area contributed by atoms with Crippen LogP contribution in [0.1, 0.15) is 26.7 Å². The lowest BCUT2D eigenvalue weighted by molar-refractivity contribution is -0.238. The van der Waals surface area contributed by atoms with E-state index in [2.05, 4.69) is 24.8 Å². The molecule has 2 heteroatoms. The molecule has 0 aromatic heterocycles. The summed E-state index contributed by atoms with van der Waals surface area (Å²) in [4.78, 5) is 4.20. The van der Waals surface area contributed by atoms with Gasteiger partial charge >= 0.3 is 0 Å². The lowest BCUT2D eigenvalue weighted by atomic mass is 9.49. The van der Waals surface area contributed by atoms with E-state index < -0.39 is 0 Å². The fourth-order valence-electron chi connectivity index (χ4n) is 2.72. The van der Waals surface area contributed by atoms with Gasteiger partial charge in [0.25, 0.3) is 0 Å². The van der Waals surface area contributed by atoms with Crippen LogP contribution >= 0.6 is 0 Å². The van der Waals surface area contributed by atoms with Gasteiger partial charge in [-0.25, -0.2) is 4.89 Å². The standard InChI is InChI=1S/C10H16O2/c1-10(2)8-4-3-7(6-12-11)9(10)5-8/h3,8-9,11H,4-6H2,1-2H3/t8-,9-/m0/s1. The highest BCUT2D eigenvalue weighted by Crippen LogP contribution is 2.59. The summed E-state index contributed by atoms with van der Waals surface area (Å²) in [6.45, 7) is 5.03. The SMILES string of the molecule is CC1(C)[C@H]2CC=C(COO)[C@@H]1C2. The zero-order valence-electron chi connectivity index (χ0n) is 7.71. The maximum atomic E-state index is 8.38. The first-order chi connectivity index (χ1) is 5.66. The van der Waals surface area contributed by atoms with E-state index in [1.54, 1.807) is 0 Å². The van der Waals surface area contributed by atoms with Crippen LogP contribution in [0.15, 0.2) is 11.6 Å². The molecule has 3 aliphatic rings. The van der Waals surface area contributed by atoms with Gasteiger partial charge in [-0.3, -0.25) is 5.26 Å². The smallest absolute Gasteiger partial charge is 0.103 e. The van der Waals surface area contributed by atoms with Crippen LogP contribution in [0, 0.1) is 17.3 Å². The summed E-state index contributed by atoms with van der Waals surface area (Å²) in [6.07, 6.45) is 4.70. The first kappa shape index (κ1) is 8.27. The maximum Gasteiger partial charge on any atom is 0.103 e. The molecule has 2 bridgehead atoms. The number of hydrogen-bond acceptors (Lipinski definition) is 2. The highest BCUT2D eigenvalue weighted by Gasteiger charge is 2.50. The Morgan fingerprint density at radius 1 is 1.67 bits per heavy atom. The molecule has 3 aliphatic carbocycles. The van der Waals surface area contributed by atoms with Crippen molar-refractivity contribution in [3.8, 4) is 0 Å². The van der Waals surface area contributed by atoms with Crippen molar-refractivity contribution < 1.29 is 10.1 Å². The van der Waals surface area contributed by atoms with Crippen molar-refractivity contribution in [3.63, 3.8) is 0 Å². The molecule has 1 saturated carbocycles. The Hall–Kier alpha value is -0.340. The minimum atomic E-state index is 0.404. The third-order valence-electron chi connectivity index (χ3n) is 3.81. The minimum Gasteiger partial charge on any atom is -0.251 e. The molecule has 0 aromatic rings. The molecular formula is C10H16O2. The van der Waals surface area contributed by atoms with Crippen molar-refractivity contribution >= 4 is 0 Å². The van der Waals surface area contributed by atoms with E-state index in [0.29, 0.717) is 17.9 Å². The van der Waals surface area contributed by atoms with E-state index in [4.69, 9.17) is 5.26 Å². The molecule has 1 N–H and O–H groups in total. The number of fused-ring (bicyclic) bond motifs is 1. The molecule has 0 saturated heterocycles. The van der Waals surface area contributed by atoms with E-state index in [-0.39, 0.29) is 0 Å². The van der Waals surface area contributed by atoms with Crippen molar-refractivity contribution in [2.75, 3.05) is 6.61 Å². The fraction of sp³-hybridized carbons (Fsp3) is 0.800. The van der Waals surface area contributed by atoms with Gasteiger partial charge in [0.15, 0.2) is 0 Å². The summed E-state index contributed by atoms with van der Waals surface area (Å²) in [6, 6.07) is 0. The molecule has 2 atom stereocenters. The van der Waals surface area contributed by atoms with Crippen LogP contribution in [0.25, 0.3) is 0 Å². The second kappa shape index (κ2) is 2.57. The molecular weight excluding hydrogens is 152 g/mol. The molecule has 0 unspecified atom stereocenters. The van der Waals surface area contributed by atoms with Gasteiger partial charge < -0.3 is 0 Å². The summed E-state index contributed by atoms with van der Waals surface area (Å²) >= 11 is 0. The average molecular weight is 168 g/mol. The molecule has 0 spiro atoms. The second-order valence-electron chi connectivity index (χ2n) is 4.59. The highest BCUT2D eigenvalue weighted by molar-refractivity contribution is 5.23. The average Bonchev–Trinajstić information content (AvgIpc) is 2.05. The van der Waals surface area contributed by atoms with Crippen LogP contribution in [-0.2, 0) is 4.89 Å². The Morgan fingerprint density at radius 3 is 2.92 bits per heavy atom. The van der Waals surface area contributed by atoms with Crippen LogP contribution in [0.4, 0.5) is 0 Å². The summed E-state index contributed by atoms with van der Waals surface area (Å²) in [5.41, 5.74) is 1.74. The monoisotopic (exact) mass is 168 g/mol. The number of rotatable bonds is 2. The van der Waals surface area contributed by atoms with Gasteiger partial charge in [-0.1, -0.05) is 19.9 Å². The van der Waals surface area contributed by atoms with Crippen molar-refractivity contribution in [1.29, 1.82) is 0 Å². The van der Waals surface area contributed by atoms with Crippen LogP contribution in [0.2, 0.25) is 0 Å². The van der Waals surface area contributed by atoms with Gasteiger partial charge in [0.05, 0.1) is 0 Å². The molecule has 3 rings (SSSR count). The Morgan fingerprint density at radius 2 is 2.42 bits per heavy atom. The van der Waals surface area contributed by atoms with E-state index in [9.17, 15) is 0 Å². The Kier molecular flexibility index (Phi) is 1.77. The van der Waals surface area contributed by atoms with Crippen LogP contribution in [-0.4, -0.2) is 11.9 Å². The lowest BCUT2D eigenvalue weighted by Crippen LogP contribution is -2.48. The molecule has 12 heavy (non-hydrogen) atoms. The Balaban J connectivity index is 2.13. The normalized spacial score (nSPS) is 37.1. The molecule has 0 aromatic carbocycles. The van der Waals surface area contributed by atoms with Crippen LogP contribution in [0.5, 0.6) is 0 Å². The highest BCUT2D eigenvalue weighted by atomic mass is 17.1. The number of allylic oxidation sites excluding steroid dienone is 1. The zero-order valence-corrected chi connectivity index (χ0v) is 7.71. The quantitative estimate of drug-likeness (QED) is 0.390. The predicted molar refractivity (Wildman–Crippen MR) is 46.7 cm³/mol. The summed E-state index contributed by atoms with van der Waals surface area (Å²) in [5.74, 6) is 1.52. The van der Waals surface area contributed by atoms with Gasteiger partial charge in [0, 0.05) is 0 Å². The van der Waals surface area contributed by atoms with Crippen molar-refractivity contribution in [3.05, 3.63) is 11.6 Å². The van der Waals surface area contributed by atoms with Crippen molar-refractivity contribution in [1.82, 2.24) is 0 Å². The second-order valence-corrected chi connectivity index (χ2v) is 4.59. The lowest BCUT2D eigenvalue weighted by Gasteiger charge is -2.56. The first-order valence-electron chi connectivity index (χ1n) is 4.61.